The molecule has 0 aromatic heterocycles. The fourth-order valence-corrected chi connectivity index (χ4v) is 2.75. The summed E-state index contributed by atoms with van der Waals surface area (Å²) in [6.45, 7) is 2.10. The number of halogens is 2. The van der Waals surface area contributed by atoms with Gasteiger partial charge < -0.3 is 5.32 Å². The first kappa shape index (κ1) is 13.1. The number of hydrogen-bond donors (Lipinski definition) is 1. The van der Waals surface area contributed by atoms with E-state index in [9.17, 15) is 8.78 Å². The maximum Gasteiger partial charge on any atom is 0.160 e. The Hall–Kier alpha value is -1.90. The van der Waals surface area contributed by atoms with Crippen LogP contribution in [-0.4, -0.2) is 6.04 Å². The van der Waals surface area contributed by atoms with Gasteiger partial charge in [-0.05, 0) is 43.4 Å². The highest BCUT2D eigenvalue weighted by molar-refractivity contribution is 5.45. The van der Waals surface area contributed by atoms with Gasteiger partial charge in [0, 0.05) is 17.8 Å². The molecule has 1 aliphatic carbocycles. The zero-order valence-corrected chi connectivity index (χ0v) is 11.4. The first-order valence-corrected chi connectivity index (χ1v) is 6.90. The number of aryl methyl sites for hydroxylation is 1. The second-order valence-corrected chi connectivity index (χ2v) is 5.55. The lowest BCUT2D eigenvalue weighted by Crippen LogP contribution is -2.34. The van der Waals surface area contributed by atoms with Crippen LogP contribution in [0.3, 0.4) is 0 Å². The van der Waals surface area contributed by atoms with E-state index >= 15 is 0 Å². The zero-order chi connectivity index (χ0) is 14.1. The van der Waals surface area contributed by atoms with Crippen molar-refractivity contribution in [2.75, 3.05) is 5.32 Å². The predicted octanol–water partition coefficient (Wildman–Crippen LogP) is 4.63. The molecular weight excluding hydrogens is 256 g/mol. The van der Waals surface area contributed by atoms with E-state index < -0.39 is 11.6 Å². The van der Waals surface area contributed by atoms with Crippen LogP contribution < -0.4 is 5.32 Å². The van der Waals surface area contributed by atoms with Crippen LogP contribution in [0.5, 0.6) is 0 Å². The first-order chi connectivity index (χ1) is 9.61. The van der Waals surface area contributed by atoms with E-state index in [0.717, 1.165) is 18.9 Å². The van der Waals surface area contributed by atoms with Crippen LogP contribution in [-0.2, 0) is 0 Å². The van der Waals surface area contributed by atoms with Crippen molar-refractivity contribution in [3.8, 4) is 0 Å². The highest BCUT2D eigenvalue weighted by atomic mass is 19.2. The highest BCUT2D eigenvalue weighted by Crippen LogP contribution is 2.38. The van der Waals surface area contributed by atoms with Gasteiger partial charge in [-0.2, -0.15) is 0 Å². The largest absolute Gasteiger partial charge is 0.382 e. The van der Waals surface area contributed by atoms with E-state index in [0.29, 0.717) is 17.6 Å². The lowest BCUT2D eigenvalue weighted by Gasteiger charge is -2.37. The maximum absolute atomic E-state index is 13.1. The molecule has 104 valence electrons. The van der Waals surface area contributed by atoms with Gasteiger partial charge in [0.25, 0.3) is 0 Å². The number of nitrogens with one attached hydrogen (secondary N) is 1. The number of hydrogen-bond acceptors (Lipinski definition) is 1. The lowest BCUT2D eigenvalue weighted by atomic mass is 9.75. The number of rotatable bonds is 3. The summed E-state index contributed by atoms with van der Waals surface area (Å²) in [5.41, 5.74) is 3.30. The first-order valence-electron chi connectivity index (χ1n) is 6.90. The van der Waals surface area contributed by atoms with Crippen LogP contribution in [0.15, 0.2) is 42.5 Å². The molecule has 20 heavy (non-hydrogen) atoms. The van der Waals surface area contributed by atoms with Gasteiger partial charge in [0.1, 0.15) is 0 Å². The van der Waals surface area contributed by atoms with Crippen molar-refractivity contribution in [2.45, 2.75) is 31.7 Å². The monoisotopic (exact) mass is 273 g/mol. The van der Waals surface area contributed by atoms with Crippen LogP contribution in [0, 0.1) is 18.6 Å². The molecule has 0 amide bonds. The van der Waals surface area contributed by atoms with Crippen molar-refractivity contribution >= 4 is 5.69 Å². The third kappa shape index (κ3) is 2.67. The van der Waals surface area contributed by atoms with Crippen molar-refractivity contribution < 1.29 is 8.78 Å². The zero-order valence-electron chi connectivity index (χ0n) is 11.4. The van der Waals surface area contributed by atoms with Crippen molar-refractivity contribution in [2.24, 2.45) is 0 Å². The van der Waals surface area contributed by atoms with Gasteiger partial charge in [0.2, 0.25) is 0 Å². The molecule has 0 atom stereocenters. The van der Waals surface area contributed by atoms with Crippen molar-refractivity contribution in [1.29, 1.82) is 0 Å². The molecule has 0 spiro atoms. The second-order valence-electron chi connectivity index (χ2n) is 5.55. The summed E-state index contributed by atoms with van der Waals surface area (Å²) in [6, 6.07) is 12.9. The fraction of sp³-hybridized carbons (Fsp3) is 0.294. The molecule has 0 bridgehead atoms. The summed E-state index contributed by atoms with van der Waals surface area (Å²) in [5.74, 6) is -1.04. The summed E-state index contributed by atoms with van der Waals surface area (Å²) >= 11 is 0. The van der Waals surface area contributed by atoms with Crippen LogP contribution >= 0.6 is 0 Å². The lowest BCUT2D eigenvalue weighted by molar-refractivity contribution is 0.374. The van der Waals surface area contributed by atoms with Gasteiger partial charge >= 0.3 is 0 Å². The van der Waals surface area contributed by atoms with E-state index in [-0.39, 0.29) is 0 Å². The SMILES string of the molecule is Cc1cccc(C2CC(Nc3ccc(F)c(F)c3)C2)c1. The smallest absolute Gasteiger partial charge is 0.160 e. The molecule has 1 fully saturated rings. The molecule has 1 nitrogen and oxygen atoms in total. The Balaban J connectivity index is 1.59. The summed E-state index contributed by atoms with van der Waals surface area (Å²) in [5, 5.41) is 3.25. The van der Waals surface area contributed by atoms with Gasteiger partial charge in [-0.15, -0.1) is 0 Å². The van der Waals surface area contributed by atoms with Gasteiger partial charge in [-0.1, -0.05) is 29.8 Å². The Morgan fingerprint density at radius 2 is 1.80 bits per heavy atom. The van der Waals surface area contributed by atoms with Gasteiger partial charge in [-0.25, -0.2) is 8.78 Å². The summed E-state index contributed by atoms with van der Waals surface area (Å²) in [6.07, 6.45) is 2.06. The molecule has 2 aromatic rings. The third-order valence-corrected chi connectivity index (χ3v) is 3.94. The average Bonchev–Trinajstić information content (AvgIpc) is 2.37. The van der Waals surface area contributed by atoms with E-state index in [1.54, 1.807) is 6.07 Å². The minimum Gasteiger partial charge on any atom is -0.382 e. The van der Waals surface area contributed by atoms with Crippen LogP contribution in [0.2, 0.25) is 0 Å². The van der Waals surface area contributed by atoms with E-state index in [2.05, 4.69) is 36.5 Å². The van der Waals surface area contributed by atoms with E-state index in [1.165, 1.54) is 17.2 Å². The van der Waals surface area contributed by atoms with Crippen LogP contribution in [0.4, 0.5) is 14.5 Å². The Morgan fingerprint density at radius 3 is 2.50 bits per heavy atom. The summed E-state index contributed by atoms with van der Waals surface area (Å²) in [7, 11) is 0. The third-order valence-electron chi connectivity index (χ3n) is 3.94. The number of benzene rings is 2. The molecule has 2 aromatic carbocycles. The van der Waals surface area contributed by atoms with Crippen molar-refractivity contribution in [1.82, 2.24) is 0 Å². The van der Waals surface area contributed by atoms with Gasteiger partial charge in [-0.3, -0.25) is 0 Å². The Morgan fingerprint density at radius 1 is 1.00 bits per heavy atom. The highest BCUT2D eigenvalue weighted by Gasteiger charge is 2.30. The topological polar surface area (TPSA) is 12.0 Å². The predicted molar refractivity (Wildman–Crippen MR) is 76.9 cm³/mol. The second kappa shape index (κ2) is 5.23. The Bertz CT molecular complexity index is 618. The summed E-state index contributed by atoms with van der Waals surface area (Å²) < 4.78 is 26.0. The fourth-order valence-electron chi connectivity index (χ4n) is 2.75. The molecule has 0 aliphatic heterocycles. The van der Waals surface area contributed by atoms with Gasteiger partial charge in [0.05, 0.1) is 0 Å². The average molecular weight is 273 g/mol. The van der Waals surface area contributed by atoms with E-state index in [4.69, 9.17) is 0 Å². The normalized spacial score (nSPS) is 21.4. The molecule has 0 saturated heterocycles. The van der Waals surface area contributed by atoms with Crippen LogP contribution in [0.1, 0.15) is 29.9 Å². The molecular formula is C17H17F2N. The van der Waals surface area contributed by atoms with E-state index in [1.807, 2.05) is 0 Å². The quantitative estimate of drug-likeness (QED) is 0.859. The maximum atomic E-state index is 13.1. The van der Waals surface area contributed by atoms with Crippen LogP contribution in [0.25, 0.3) is 0 Å². The summed E-state index contributed by atoms with van der Waals surface area (Å²) in [4.78, 5) is 0. The molecule has 0 heterocycles. The minimum atomic E-state index is -0.804. The molecule has 3 rings (SSSR count). The number of anilines is 1. The van der Waals surface area contributed by atoms with Gasteiger partial charge in [0.15, 0.2) is 11.6 Å². The molecule has 3 heteroatoms. The van der Waals surface area contributed by atoms with Crippen molar-refractivity contribution in [3.05, 3.63) is 65.2 Å². The molecule has 1 aliphatic rings. The minimum absolute atomic E-state index is 0.338. The molecule has 0 unspecified atom stereocenters. The Kier molecular flexibility index (Phi) is 3.43. The molecule has 1 N–H and O–H groups in total. The standard InChI is InChI=1S/C17H17F2N/c1-11-3-2-4-12(7-11)13-8-15(9-13)20-14-5-6-16(18)17(19)10-14/h2-7,10,13,15,20H,8-9H2,1H3. The van der Waals surface area contributed by atoms with Crippen molar-refractivity contribution in [3.63, 3.8) is 0 Å². The Labute approximate surface area is 117 Å². The molecule has 1 saturated carbocycles. The molecule has 0 radical (unpaired) electrons.